The molecular weight excluding hydrogens is 284 g/mol. The molecule has 0 saturated carbocycles. The number of azo groups is 1. The Bertz CT molecular complexity index is 728. The van der Waals surface area contributed by atoms with Crippen LogP contribution in [0.25, 0.3) is 0 Å². The van der Waals surface area contributed by atoms with Crippen molar-refractivity contribution in [2.24, 2.45) is 10.2 Å². The Morgan fingerprint density at radius 1 is 1.14 bits per heavy atom. The van der Waals surface area contributed by atoms with Crippen LogP contribution in [0.5, 0.6) is 5.75 Å². The zero-order valence-corrected chi connectivity index (χ0v) is 12.0. The first kappa shape index (κ1) is 14.0. The van der Waals surface area contributed by atoms with Gasteiger partial charge in [-0.25, -0.2) is 0 Å². The summed E-state index contributed by atoms with van der Waals surface area (Å²) >= 11 is 0. The molecule has 1 aliphatic rings. The molecule has 0 saturated heterocycles. The fraction of sp³-hybridized carbons (Fsp3) is 0.200. The lowest BCUT2D eigenvalue weighted by Gasteiger charge is -2.27. The maximum atomic E-state index is 10.6. The number of hydrogen-bond donors (Lipinski definition) is 0. The number of benzene rings is 2. The van der Waals surface area contributed by atoms with Gasteiger partial charge in [0.25, 0.3) is 5.69 Å². The minimum atomic E-state index is -0.444. The molecular formula is C15H14N4O3. The Labute approximate surface area is 127 Å². The van der Waals surface area contributed by atoms with Crippen LogP contribution in [0.3, 0.4) is 0 Å². The number of nitro benzene ring substituents is 1. The summed E-state index contributed by atoms with van der Waals surface area (Å²) in [5.74, 6) is 0.836. The van der Waals surface area contributed by atoms with Gasteiger partial charge >= 0.3 is 0 Å². The lowest BCUT2D eigenvalue weighted by molar-refractivity contribution is -0.384. The van der Waals surface area contributed by atoms with Crippen molar-refractivity contribution in [3.05, 3.63) is 52.6 Å². The lowest BCUT2D eigenvalue weighted by Crippen LogP contribution is -2.28. The van der Waals surface area contributed by atoms with E-state index in [0.29, 0.717) is 18.0 Å². The average molecular weight is 298 g/mol. The molecule has 0 atom stereocenters. The summed E-state index contributed by atoms with van der Waals surface area (Å²) < 4.78 is 5.57. The summed E-state index contributed by atoms with van der Waals surface area (Å²) in [5, 5.41) is 18.9. The Morgan fingerprint density at radius 2 is 1.82 bits per heavy atom. The van der Waals surface area contributed by atoms with Crippen molar-refractivity contribution in [1.29, 1.82) is 0 Å². The van der Waals surface area contributed by atoms with Crippen LogP contribution >= 0.6 is 0 Å². The molecule has 0 bridgehead atoms. The molecule has 112 valence electrons. The molecule has 0 fully saturated rings. The molecule has 7 nitrogen and oxygen atoms in total. The van der Waals surface area contributed by atoms with Gasteiger partial charge in [-0.2, -0.15) is 10.2 Å². The Kier molecular flexibility index (Phi) is 3.69. The summed E-state index contributed by atoms with van der Waals surface area (Å²) in [7, 11) is 2.00. The lowest BCUT2D eigenvalue weighted by atomic mass is 10.2. The van der Waals surface area contributed by atoms with Crippen molar-refractivity contribution in [1.82, 2.24) is 0 Å². The molecule has 3 rings (SSSR count). The standard InChI is InChI=1S/C15H14N4O3/c1-18-8-9-22-15-7-4-12(10-14(15)18)17-16-11-2-5-13(6-3-11)19(20)21/h2-7,10H,8-9H2,1H3. The Morgan fingerprint density at radius 3 is 2.55 bits per heavy atom. The largest absolute Gasteiger partial charge is 0.490 e. The quantitative estimate of drug-likeness (QED) is 0.490. The van der Waals surface area contributed by atoms with E-state index < -0.39 is 4.92 Å². The summed E-state index contributed by atoms with van der Waals surface area (Å²) in [6.45, 7) is 1.50. The van der Waals surface area contributed by atoms with Crippen molar-refractivity contribution in [2.45, 2.75) is 0 Å². The van der Waals surface area contributed by atoms with Crippen molar-refractivity contribution < 1.29 is 9.66 Å². The van der Waals surface area contributed by atoms with E-state index in [-0.39, 0.29) is 5.69 Å². The normalized spacial score (nSPS) is 13.8. The number of anilines is 1. The summed E-state index contributed by atoms with van der Waals surface area (Å²) in [5.41, 5.74) is 2.28. The first-order valence-electron chi connectivity index (χ1n) is 6.78. The fourth-order valence-corrected chi connectivity index (χ4v) is 2.16. The third kappa shape index (κ3) is 2.88. The molecule has 0 unspecified atom stereocenters. The van der Waals surface area contributed by atoms with E-state index in [2.05, 4.69) is 15.1 Å². The minimum Gasteiger partial charge on any atom is -0.490 e. The molecule has 0 aliphatic carbocycles. The molecule has 7 heteroatoms. The molecule has 22 heavy (non-hydrogen) atoms. The van der Waals surface area contributed by atoms with Crippen LogP contribution in [0.2, 0.25) is 0 Å². The maximum absolute atomic E-state index is 10.6. The van der Waals surface area contributed by atoms with Crippen molar-refractivity contribution in [3.8, 4) is 5.75 Å². The summed E-state index contributed by atoms with van der Waals surface area (Å²) in [6.07, 6.45) is 0. The summed E-state index contributed by atoms with van der Waals surface area (Å²) in [6, 6.07) is 11.5. The zero-order valence-electron chi connectivity index (χ0n) is 12.0. The maximum Gasteiger partial charge on any atom is 0.269 e. The smallest absolute Gasteiger partial charge is 0.269 e. The van der Waals surface area contributed by atoms with E-state index in [1.54, 1.807) is 12.1 Å². The highest BCUT2D eigenvalue weighted by atomic mass is 16.6. The second-order valence-corrected chi connectivity index (χ2v) is 4.90. The number of ether oxygens (including phenoxy) is 1. The van der Waals surface area contributed by atoms with E-state index in [4.69, 9.17) is 4.74 Å². The molecule has 0 radical (unpaired) electrons. The Balaban J connectivity index is 1.80. The molecule has 0 aromatic heterocycles. The van der Waals surface area contributed by atoms with Crippen molar-refractivity contribution in [3.63, 3.8) is 0 Å². The van der Waals surface area contributed by atoms with Crippen LogP contribution < -0.4 is 9.64 Å². The number of non-ortho nitro benzene ring substituents is 1. The van der Waals surface area contributed by atoms with Gasteiger partial charge in [-0.05, 0) is 30.3 Å². The first-order chi connectivity index (χ1) is 10.6. The highest BCUT2D eigenvalue weighted by Crippen LogP contribution is 2.34. The molecule has 1 heterocycles. The third-order valence-corrected chi connectivity index (χ3v) is 3.38. The van der Waals surface area contributed by atoms with Crippen LogP contribution in [-0.2, 0) is 0 Å². The highest BCUT2D eigenvalue weighted by Gasteiger charge is 2.14. The zero-order chi connectivity index (χ0) is 15.5. The Hall–Kier alpha value is -2.96. The number of nitro groups is 1. The van der Waals surface area contributed by atoms with Gasteiger partial charge in [0.05, 0.1) is 28.5 Å². The van der Waals surface area contributed by atoms with Crippen LogP contribution in [0, 0.1) is 10.1 Å². The van der Waals surface area contributed by atoms with E-state index in [0.717, 1.165) is 18.0 Å². The minimum absolute atomic E-state index is 0.0338. The molecule has 2 aromatic carbocycles. The van der Waals surface area contributed by atoms with E-state index in [1.165, 1.54) is 12.1 Å². The van der Waals surface area contributed by atoms with Gasteiger partial charge in [0.15, 0.2) is 0 Å². The van der Waals surface area contributed by atoms with Crippen LogP contribution in [-0.4, -0.2) is 25.1 Å². The number of likely N-dealkylation sites (N-methyl/N-ethyl adjacent to an activating group) is 1. The van der Waals surface area contributed by atoms with Gasteiger partial charge < -0.3 is 9.64 Å². The van der Waals surface area contributed by atoms with Crippen LogP contribution in [0.1, 0.15) is 0 Å². The topological polar surface area (TPSA) is 80.3 Å². The molecule has 0 spiro atoms. The van der Waals surface area contributed by atoms with Gasteiger partial charge in [0.1, 0.15) is 12.4 Å². The average Bonchev–Trinajstić information content (AvgIpc) is 2.54. The molecule has 0 amide bonds. The number of fused-ring (bicyclic) bond motifs is 1. The highest BCUT2D eigenvalue weighted by molar-refractivity contribution is 5.65. The van der Waals surface area contributed by atoms with Crippen LogP contribution in [0.4, 0.5) is 22.7 Å². The second-order valence-electron chi connectivity index (χ2n) is 4.90. The fourth-order valence-electron chi connectivity index (χ4n) is 2.16. The number of hydrogen-bond acceptors (Lipinski definition) is 6. The SMILES string of the molecule is CN1CCOc2ccc(N=Nc3ccc([N+](=O)[O-])cc3)cc21. The van der Waals surface area contributed by atoms with Crippen molar-refractivity contribution >= 4 is 22.7 Å². The van der Waals surface area contributed by atoms with Crippen molar-refractivity contribution in [2.75, 3.05) is 25.1 Å². The predicted molar refractivity (Wildman–Crippen MR) is 82.5 cm³/mol. The summed E-state index contributed by atoms with van der Waals surface area (Å²) in [4.78, 5) is 12.3. The van der Waals surface area contributed by atoms with Crippen LogP contribution in [0.15, 0.2) is 52.7 Å². The van der Waals surface area contributed by atoms with Gasteiger partial charge in [-0.15, -0.1) is 0 Å². The number of rotatable bonds is 3. The molecule has 2 aromatic rings. The monoisotopic (exact) mass is 298 g/mol. The second kappa shape index (κ2) is 5.80. The predicted octanol–water partition coefficient (Wildman–Crippen LogP) is 3.84. The van der Waals surface area contributed by atoms with E-state index in [1.807, 2.05) is 25.2 Å². The molecule has 0 N–H and O–H groups in total. The van der Waals surface area contributed by atoms with Gasteiger partial charge in [-0.1, -0.05) is 0 Å². The van der Waals surface area contributed by atoms with Gasteiger partial charge in [0.2, 0.25) is 0 Å². The van der Waals surface area contributed by atoms with Gasteiger partial charge in [0, 0.05) is 19.2 Å². The first-order valence-corrected chi connectivity index (χ1v) is 6.78. The van der Waals surface area contributed by atoms with Gasteiger partial charge in [-0.3, -0.25) is 10.1 Å². The van der Waals surface area contributed by atoms with E-state index in [9.17, 15) is 10.1 Å². The van der Waals surface area contributed by atoms with E-state index >= 15 is 0 Å². The molecule has 1 aliphatic heterocycles. The number of nitrogens with zero attached hydrogens (tertiary/aromatic N) is 4. The third-order valence-electron chi connectivity index (χ3n) is 3.38.